The topological polar surface area (TPSA) is 126 Å². The third kappa shape index (κ3) is 14.3. The number of carbonyl (C=O) groups excluding carboxylic acids is 1. The van der Waals surface area contributed by atoms with E-state index in [-0.39, 0.29) is 36.5 Å². The first-order valence-electron chi connectivity index (χ1n) is 18.7. The normalized spacial score (nSPS) is 27.8. The Hall–Kier alpha value is -1.03. The van der Waals surface area contributed by atoms with E-state index in [4.69, 9.17) is 14.2 Å². The number of ether oxygens (including phenoxy) is 3. The molecule has 0 aromatic carbocycles. The highest BCUT2D eigenvalue weighted by atomic mass is 16.6. The van der Waals surface area contributed by atoms with E-state index in [1.807, 2.05) is 13.0 Å². The minimum atomic E-state index is -0.729. The fourth-order valence-corrected chi connectivity index (χ4v) is 7.29. The van der Waals surface area contributed by atoms with E-state index in [0.29, 0.717) is 25.7 Å². The summed E-state index contributed by atoms with van der Waals surface area (Å²) >= 11 is 0. The van der Waals surface area contributed by atoms with E-state index < -0.39 is 24.4 Å². The number of rotatable bonds is 25. The minimum Gasteiger partial charge on any atom is -0.455 e. The number of aliphatic hydroxyl groups is 4. The Morgan fingerprint density at radius 2 is 1.11 bits per heavy atom. The van der Waals surface area contributed by atoms with Gasteiger partial charge in [-0.25, -0.2) is 4.79 Å². The number of carbonyl (C=O) groups is 1. The molecule has 0 aliphatic carbocycles. The summed E-state index contributed by atoms with van der Waals surface area (Å²) in [5.41, 5.74) is 0.857. The van der Waals surface area contributed by atoms with Crippen molar-refractivity contribution in [3.63, 3.8) is 0 Å². The van der Waals surface area contributed by atoms with Crippen LogP contribution in [0, 0.1) is 0 Å². The predicted molar refractivity (Wildman–Crippen MR) is 177 cm³/mol. The Kier molecular flexibility index (Phi) is 18.6. The van der Waals surface area contributed by atoms with Gasteiger partial charge in [0.15, 0.2) is 0 Å². The molecule has 0 saturated carbocycles. The Bertz CT molecular complexity index is 833. The Morgan fingerprint density at radius 1 is 0.644 bits per heavy atom. The minimum absolute atomic E-state index is 0.0121. The summed E-state index contributed by atoms with van der Waals surface area (Å²) in [7, 11) is 0. The zero-order valence-electron chi connectivity index (χ0n) is 28.5. The molecule has 3 heterocycles. The van der Waals surface area contributed by atoms with Gasteiger partial charge in [0.25, 0.3) is 0 Å². The molecule has 0 aromatic heterocycles. The van der Waals surface area contributed by atoms with Crippen LogP contribution in [-0.4, -0.2) is 81.3 Å². The van der Waals surface area contributed by atoms with Crippen LogP contribution in [0.15, 0.2) is 11.6 Å². The molecular weight excluding hydrogens is 572 g/mol. The molecule has 0 spiro atoms. The van der Waals surface area contributed by atoms with Gasteiger partial charge in [-0.05, 0) is 83.6 Å². The van der Waals surface area contributed by atoms with E-state index >= 15 is 0 Å². The maximum absolute atomic E-state index is 11.6. The molecule has 3 aliphatic rings. The summed E-state index contributed by atoms with van der Waals surface area (Å²) in [6.45, 7) is 4.03. The molecule has 3 aliphatic heterocycles. The Labute approximate surface area is 273 Å². The van der Waals surface area contributed by atoms with E-state index in [9.17, 15) is 25.2 Å². The van der Waals surface area contributed by atoms with Gasteiger partial charge >= 0.3 is 5.97 Å². The van der Waals surface area contributed by atoms with E-state index in [1.165, 1.54) is 44.9 Å². The predicted octanol–water partition coefficient (Wildman–Crippen LogP) is 6.83. The van der Waals surface area contributed by atoms with Crippen LogP contribution in [0.25, 0.3) is 0 Å². The lowest BCUT2D eigenvalue weighted by Crippen LogP contribution is -2.33. The Morgan fingerprint density at radius 3 is 1.62 bits per heavy atom. The zero-order chi connectivity index (χ0) is 32.4. The Balaban J connectivity index is 1.14. The van der Waals surface area contributed by atoms with Crippen molar-refractivity contribution in [3.05, 3.63) is 11.6 Å². The highest BCUT2D eigenvalue weighted by Crippen LogP contribution is 2.34. The summed E-state index contributed by atoms with van der Waals surface area (Å²) in [4.78, 5) is 11.6. The van der Waals surface area contributed by atoms with Crippen molar-refractivity contribution in [1.82, 2.24) is 0 Å². The molecule has 2 saturated heterocycles. The van der Waals surface area contributed by atoms with Crippen LogP contribution in [0.5, 0.6) is 0 Å². The van der Waals surface area contributed by atoms with Gasteiger partial charge in [-0.15, -0.1) is 0 Å². The molecule has 0 aromatic rings. The molecule has 4 N–H and O–H groups in total. The van der Waals surface area contributed by atoms with Crippen LogP contribution in [0.4, 0.5) is 0 Å². The number of esters is 1. The third-order valence-electron chi connectivity index (χ3n) is 10.2. The lowest BCUT2D eigenvalue weighted by molar-refractivity contribution is -0.139. The fourth-order valence-electron chi connectivity index (χ4n) is 7.29. The first-order valence-corrected chi connectivity index (χ1v) is 18.7. The monoisotopic (exact) mass is 638 g/mol. The van der Waals surface area contributed by atoms with Crippen molar-refractivity contribution in [2.24, 2.45) is 0 Å². The van der Waals surface area contributed by atoms with Gasteiger partial charge in [-0.2, -0.15) is 0 Å². The van der Waals surface area contributed by atoms with Gasteiger partial charge in [0, 0.05) is 5.57 Å². The van der Waals surface area contributed by atoms with Crippen molar-refractivity contribution in [3.8, 4) is 0 Å². The quantitative estimate of drug-likeness (QED) is 0.0634. The number of unbranched alkanes of at least 4 members (excludes halogenated alkanes) is 11. The second kappa shape index (κ2) is 21.8. The van der Waals surface area contributed by atoms with Gasteiger partial charge in [-0.3, -0.25) is 0 Å². The molecular formula is C37H66O8. The zero-order valence-corrected chi connectivity index (χ0v) is 28.5. The fraction of sp³-hybridized carbons (Fsp3) is 0.919. The lowest BCUT2D eigenvalue weighted by atomic mass is 9.98. The van der Waals surface area contributed by atoms with Crippen molar-refractivity contribution in [2.75, 3.05) is 0 Å². The van der Waals surface area contributed by atoms with Gasteiger partial charge < -0.3 is 34.6 Å². The molecule has 8 heteroatoms. The van der Waals surface area contributed by atoms with E-state index in [0.717, 1.165) is 82.6 Å². The SMILES string of the molecule is CCCCC[C@H](O)[C@H](O)CCC[C@H](O)[C@@H]1CC[C@H]([C@@H]2CC[C@@H]([C@H](O)CCCCCCCCCCCCC3=C[C@@H](C)OC3=O)O2)O1. The van der Waals surface area contributed by atoms with Gasteiger partial charge in [0.2, 0.25) is 0 Å². The largest absolute Gasteiger partial charge is 0.455 e. The first-order chi connectivity index (χ1) is 21.8. The second-order valence-corrected chi connectivity index (χ2v) is 14.2. The average Bonchev–Trinajstić information content (AvgIpc) is 3.77. The number of hydrogen-bond acceptors (Lipinski definition) is 8. The molecule has 0 unspecified atom stereocenters. The molecule has 0 bridgehead atoms. The van der Waals surface area contributed by atoms with Crippen LogP contribution in [-0.2, 0) is 19.0 Å². The highest BCUT2D eigenvalue weighted by molar-refractivity contribution is 5.90. The van der Waals surface area contributed by atoms with Crippen LogP contribution in [0.1, 0.15) is 162 Å². The van der Waals surface area contributed by atoms with Crippen LogP contribution < -0.4 is 0 Å². The van der Waals surface area contributed by atoms with Crippen LogP contribution >= 0.6 is 0 Å². The lowest BCUT2D eigenvalue weighted by Gasteiger charge is -2.24. The van der Waals surface area contributed by atoms with Gasteiger partial charge in [0.1, 0.15) is 6.10 Å². The maximum atomic E-state index is 11.6. The summed E-state index contributed by atoms with van der Waals surface area (Å²) < 4.78 is 17.6. The summed E-state index contributed by atoms with van der Waals surface area (Å²) in [5.74, 6) is -0.129. The standard InChI is InChI=1S/C37H66O8/c1-3-4-13-18-29(38)30(39)20-16-21-32(41)34-23-25-36(45-34)35-24-22-33(44-35)31(40)19-15-12-10-8-6-5-7-9-11-14-17-28-26-27(2)43-37(28)42/h26-27,29-36,38-41H,3-25H2,1-2H3/t27-,29+,30-,31-,32+,33+,34+,35+,36-/m1/s1. The first kappa shape index (κ1) is 38.4. The molecule has 2 fully saturated rings. The van der Waals surface area contributed by atoms with Crippen molar-refractivity contribution >= 4 is 5.97 Å². The molecule has 8 nitrogen and oxygen atoms in total. The molecule has 45 heavy (non-hydrogen) atoms. The number of cyclic esters (lactones) is 1. The average molecular weight is 639 g/mol. The third-order valence-corrected chi connectivity index (χ3v) is 10.2. The van der Waals surface area contributed by atoms with Crippen molar-refractivity contribution in [2.45, 2.75) is 216 Å². The molecule has 0 amide bonds. The molecule has 9 atom stereocenters. The molecule has 3 rings (SSSR count). The number of aliphatic hydroxyl groups excluding tert-OH is 4. The summed E-state index contributed by atoms with van der Waals surface area (Å²) in [5, 5.41) is 41.8. The summed E-state index contributed by atoms with van der Waals surface area (Å²) in [6.07, 6.45) is 21.5. The van der Waals surface area contributed by atoms with Crippen LogP contribution in [0.2, 0.25) is 0 Å². The maximum Gasteiger partial charge on any atom is 0.334 e. The highest BCUT2D eigenvalue weighted by Gasteiger charge is 2.40. The van der Waals surface area contributed by atoms with Crippen molar-refractivity contribution < 1.29 is 39.4 Å². The van der Waals surface area contributed by atoms with Gasteiger partial charge in [0.05, 0.1) is 48.8 Å². The van der Waals surface area contributed by atoms with E-state index in [1.54, 1.807) is 0 Å². The number of hydrogen-bond donors (Lipinski definition) is 4. The second-order valence-electron chi connectivity index (χ2n) is 14.2. The summed E-state index contributed by atoms with van der Waals surface area (Å²) in [6, 6.07) is 0. The smallest absolute Gasteiger partial charge is 0.334 e. The van der Waals surface area contributed by atoms with Crippen molar-refractivity contribution in [1.29, 1.82) is 0 Å². The molecule has 262 valence electrons. The molecule has 0 radical (unpaired) electrons. The van der Waals surface area contributed by atoms with Crippen LogP contribution in [0.3, 0.4) is 0 Å². The van der Waals surface area contributed by atoms with E-state index in [2.05, 4.69) is 6.92 Å². The van der Waals surface area contributed by atoms with Gasteiger partial charge in [-0.1, -0.05) is 84.0 Å².